The van der Waals surface area contributed by atoms with Crippen molar-refractivity contribution in [1.82, 2.24) is 5.32 Å². The molecule has 0 radical (unpaired) electrons. The molecule has 15 heavy (non-hydrogen) atoms. The smallest absolute Gasteiger partial charge is 0.118 e. The van der Waals surface area contributed by atoms with Crippen molar-refractivity contribution in [1.29, 1.82) is 0 Å². The van der Waals surface area contributed by atoms with Gasteiger partial charge in [-0.3, -0.25) is 0 Å². The molecule has 0 rings (SSSR count). The van der Waals surface area contributed by atoms with E-state index in [0.29, 0.717) is 4.48 Å². The average molecular weight is 214 g/mol. The van der Waals surface area contributed by atoms with Crippen LogP contribution in [0, 0.1) is 0 Å². The first-order chi connectivity index (χ1) is 6.83. The van der Waals surface area contributed by atoms with Gasteiger partial charge < -0.3 is 19.7 Å². The monoisotopic (exact) mass is 214 g/mol. The molecule has 88 valence electrons. The summed E-state index contributed by atoms with van der Waals surface area (Å²) in [7, 11) is 5.40. The Morgan fingerprint density at radius 2 is 1.67 bits per heavy atom. The highest BCUT2D eigenvalue weighted by atomic mass is 16.4. The zero-order valence-corrected chi connectivity index (χ0v) is 9.95. The van der Waals surface area contributed by atoms with E-state index in [-0.39, 0.29) is 6.54 Å². The fourth-order valence-corrected chi connectivity index (χ4v) is 0.675. The Hall–Kier alpha value is -1.13. The number of carbonyl (C=O) groups is 1. The first-order valence-corrected chi connectivity index (χ1v) is 4.76. The van der Waals surface area contributed by atoms with Crippen LogP contribution in [-0.4, -0.2) is 51.2 Å². The Balaban J connectivity index is 0. The van der Waals surface area contributed by atoms with Crippen LogP contribution in [0.1, 0.15) is 0 Å². The second-order valence-electron chi connectivity index (χ2n) is 4.06. The third kappa shape index (κ3) is 24.6. The fraction of sp³-hybridized carbons (Fsp3) is 0.545. The molecule has 0 aliphatic carbocycles. The summed E-state index contributed by atoms with van der Waals surface area (Å²) in [6, 6.07) is 0. The van der Waals surface area contributed by atoms with Crippen LogP contribution < -0.4 is 10.4 Å². The van der Waals surface area contributed by atoms with Crippen LogP contribution in [0.15, 0.2) is 25.3 Å². The lowest BCUT2D eigenvalue weighted by molar-refractivity contribution is -0.864. The van der Waals surface area contributed by atoms with E-state index in [1.807, 2.05) is 12.2 Å². The largest absolute Gasteiger partial charge is 0.544 e. The number of likely N-dealkylation sites (N-methyl/N-ethyl adjacent to an activating group) is 1. The molecule has 1 N–H and O–H groups in total. The minimum atomic E-state index is -1.00. The SMILES string of the molecule is C=CCNCC=C.C[N+](C)(C)CC(=O)[O-]. The molecular formula is C11H22N2O2. The summed E-state index contributed by atoms with van der Waals surface area (Å²) in [6.45, 7) is 8.88. The van der Waals surface area contributed by atoms with Crippen molar-refractivity contribution < 1.29 is 14.4 Å². The lowest BCUT2D eigenvalue weighted by atomic mass is 10.5. The maximum absolute atomic E-state index is 9.89. The summed E-state index contributed by atoms with van der Waals surface area (Å²) in [5.74, 6) is -1.00. The van der Waals surface area contributed by atoms with Gasteiger partial charge in [-0.1, -0.05) is 12.2 Å². The molecule has 0 saturated carbocycles. The third-order valence-corrected chi connectivity index (χ3v) is 1.18. The second-order valence-corrected chi connectivity index (χ2v) is 4.06. The molecular weight excluding hydrogens is 192 g/mol. The lowest BCUT2D eigenvalue weighted by Gasteiger charge is -2.23. The minimum Gasteiger partial charge on any atom is -0.544 e. The van der Waals surface area contributed by atoms with E-state index in [1.165, 1.54) is 0 Å². The molecule has 0 aromatic rings. The van der Waals surface area contributed by atoms with Crippen molar-refractivity contribution in [3.05, 3.63) is 25.3 Å². The van der Waals surface area contributed by atoms with Gasteiger partial charge in [0.05, 0.1) is 27.1 Å². The number of rotatable bonds is 6. The molecule has 0 atom stereocenters. The fourth-order valence-electron chi connectivity index (χ4n) is 0.675. The van der Waals surface area contributed by atoms with Crippen LogP contribution in [0.5, 0.6) is 0 Å². The highest BCUT2D eigenvalue weighted by Gasteiger charge is 2.04. The maximum atomic E-state index is 9.89. The zero-order chi connectivity index (χ0) is 12.3. The average Bonchev–Trinajstić information content (AvgIpc) is 2.01. The normalized spacial score (nSPS) is 9.80. The predicted molar refractivity (Wildman–Crippen MR) is 61.2 cm³/mol. The lowest BCUT2D eigenvalue weighted by Crippen LogP contribution is -2.45. The van der Waals surface area contributed by atoms with Gasteiger partial charge in [0, 0.05) is 13.1 Å². The van der Waals surface area contributed by atoms with Crippen LogP contribution in [0.25, 0.3) is 0 Å². The predicted octanol–water partition coefficient (Wildman–Crippen LogP) is -0.609. The Labute approximate surface area is 92.5 Å². The third-order valence-electron chi connectivity index (χ3n) is 1.18. The topological polar surface area (TPSA) is 52.2 Å². The summed E-state index contributed by atoms with van der Waals surface area (Å²) in [4.78, 5) is 9.89. The molecule has 4 nitrogen and oxygen atoms in total. The van der Waals surface area contributed by atoms with Crippen LogP contribution in [0.4, 0.5) is 0 Å². The first-order valence-electron chi connectivity index (χ1n) is 4.76. The van der Waals surface area contributed by atoms with Crippen molar-refractivity contribution in [2.45, 2.75) is 0 Å². The number of quaternary nitrogens is 1. The van der Waals surface area contributed by atoms with Crippen molar-refractivity contribution in [3.63, 3.8) is 0 Å². The van der Waals surface area contributed by atoms with Crippen molar-refractivity contribution in [3.8, 4) is 0 Å². The number of nitrogens with zero attached hydrogens (tertiary/aromatic N) is 1. The van der Waals surface area contributed by atoms with E-state index >= 15 is 0 Å². The Bertz CT molecular complexity index is 187. The van der Waals surface area contributed by atoms with Crippen LogP contribution in [-0.2, 0) is 4.79 Å². The zero-order valence-electron chi connectivity index (χ0n) is 9.95. The van der Waals surface area contributed by atoms with Gasteiger partial charge >= 0.3 is 0 Å². The second kappa shape index (κ2) is 9.43. The highest BCUT2D eigenvalue weighted by molar-refractivity contribution is 5.65. The highest BCUT2D eigenvalue weighted by Crippen LogP contribution is 1.84. The van der Waals surface area contributed by atoms with Gasteiger partial charge in [-0.2, -0.15) is 0 Å². The summed E-state index contributed by atoms with van der Waals surface area (Å²) >= 11 is 0. The summed E-state index contributed by atoms with van der Waals surface area (Å²) in [5, 5.41) is 12.9. The van der Waals surface area contributed by atoms with E-state index < -0.39 is 5.97 Å². The van der Waals surface area contributed by atoms with E-state index in [9.17, 15) is 9.90 Å². The van der Waals surface area contributed by atoms with Crippen molar-refractivity contribution in [2.75, 3.05) is 40.8 Å². The molecule has 0 aromatic carbocycles. The van der Waals surface area contributed by atoms with Crippen molar-refractivity contribution >= 4 is 5.97 Å². The molecule has 0 unspecified atom stereocenters. The van der Waals surface area contributed by atoms with Gasteiger partial charge in [0.15, 0.2) is 0 Å². The number of hydrogen-bond acceptors (Lipinski definition) is 3. The minimum absolute atomic E-state index is 0.0694. The summed E-state index contributed by atoms with van der Waals surface area (Å²) in [5.41, 5.74) is 0. The summed E-state index contributed by atoms with van der Waals surface area (Å²) < 4.78 is 0.419. The van der Waals surface area contributed by atoms with Gasteiger partial charge in [-0.05, 0) is 0 Å². The Morgan fingerprint density at radius 3 is 1.80 bits per heavy atom. The van der Waals surface area contributed by atoms with Gasteiger partial charge in [0.25, 0.3) is 0 Å². The molecule has 0 spiro atoms. The van der Waals surface area contributed by atoms with Crippen LogP contribution in [0.2, 0.25) is 0 Å². The van der Waals surface area contributed by atoms with E-state index in [2.05, 4.69) is 18.5 Å². The van der Waals surface area contributed by atoms with Gasteiger partial charge in [0.2, 0.25) is 0 Å². The molecule has 0 saturated heterocycles. The molecule has 0 bridgehead atoms. The van der Waals surface area contributed by atoms with E-state index in [4.69, 9.17) is 0 Å². The number of hydrogen-bond donors (Lipinski definition) is 1. The first kappa shape index (κ1) is 16.3. The molecule has 0 aliphatic heterocycles. The molecule has 0 heterocycles. The number of carboxylic acids is 1. The van der Waals surface area contributed by atoms with E-state index in [0.717, 1.165) is 13.1 Å². The molecule has 0 aliphatic rings. The Morgan fingerprint density at radius 1 is 1.27 bits per heavy atom. The number of nitrogens with one attached hydrogen (secondary N) is 1. The van der Waals surface area contributed by atoms with Gasteiger partial charge in [-0.25, -0.2) is 0 Å². The van der Waals surface area contributed by atoms with Gasteiger partial charge in [0.1, 0.15) is 6.54 Å². The van der Waals surface area contributed by atoms with E-state index in [1.54, 1.807) is 21.1 Å². The van der Waals surface area contributed by atoms with Crippen LogP contribution >= 0.6 is 0 Å². The maximum Gasteiger partial charge on any atom is 0.118 e. The quantitative estimate of drug-likeness (QED) is 0.364. The number of carboxylic acid groups (broad SMARTS) is 1. The molecule has 0 fully saturated rings. The molecule has 0 aromatic heterocycles. The van der Waals surface area contributed by atoms with Crippen LogP contribution in [0.3, 0.4) is 0 Å². The Kier molecular flexibility index (Phi) is 10.2. The molecule has 4 heteroatoms. The number of aliphatic carboxylic acids is 1. The standard InChI is InChI=1S/C6H11N.C5H11NO2/c1-3-5-7-6-4-2;1-6(2,3)4-5(7)8/h3-4,7H,1-2,5-6H2;4H2,1-3H3. The summed E-state index contributed by atoms with van der Waals surface area (Å²) in [6.07, 6.45) is 3.65. The number of carbonyl (C=O) groups excluding carboxylic acids is 1. The molecule has 0 amide bonds. The van der Waals surface area contributed by atoms with Crippen molar-refractivity contribution in [2.24, 2.45) is 0 Å². The van der Waals surface area contributed by atoms with Gasteiger partial charge in [-0.15, -0.1) is 13.2 Å².